The molecule has 0 saturated carbocycles. The van der Waals surface area contributed by atoms with E-state index in [4.69, 9.17) is 0 Å². The van der Waals surface area contributed by atoms with Crippen LogP contribution in [0.4, 0.5) is 0 Å². The van der Waals surface area contributed by atoms with Crippen molar-refractivity contribution in [2.45, 2.75) is 40.3 Å². The number of aromatic nitrogens is 3. The summed E-state index contributed by atoms with van der Waals surface area (Å²) in [5.74, 6) is 0.958. The zero-order valence-corrected chi connectivity index (χ0v) is 11.5. The molecule has 0 aliphatic heterocycles. The van der Waals surface area contributed by atoms with Gasteiger partial charge in [0.05, 0.1) is 10.7 Å². The van der Waals surface area contributed by atoms with E-state index in [1.807, 2.05) is 20.0 Å². The van der Waals surface area contributed by atoms with Crippen molar-refractivity contribution >= 4 is 11.3 Å². The zero-order chi connectivity index (χ0) is 12.4. The van der Waals surface area contributed by atoms with E-state index in [1.54, 1.807) is 11.3 Å². The molecule has 2 rings (SSSR count). The average Bonchev–Trinajstić information content (AvgIpc) is 2.81. The van der Waals surface area contributed by atoms with E-state index in [9.17, 15) is 0 Å². The van der Waals surface area contributed by atoms with Gasteiger partial charge in [0.1, 0.15) is 5.82 Å². The number of imidazole rings is 1. The third-order valence-electron chi connectivity index (χ3n) is 2.69. The Labute approximate surface area is 106 Å². The summed E-state index contributed by atoms with van der Waals surface area (Å²) in [5, 5.41) is 4.61. The van der Waals surface area contributed by atoms with Gasteiger partial charge in [-0.1, -0.05) is 0 Å². The molecule has 0 amide bonds. The first-order valence-corrected chi connectivity index (χ1v) is 6.55. The second-order valence-electron chi connectivity index (χ2n) is 4.28. The fraction of sp³-hybridized carbons (Fsp3) is 0.500. The highest BCUT2D eigenvalue weighted by Gasteiger charge is 2.12. The molecule has 0 aliphatic carbocycles. The van der Waals surface area contributed by atoms with Gasteiger partial charge < -0.3 is 10.3 Å². The van der Waals surface area contributed by atoms with Crippen LogP contribution in [0.3, 0.4) is 0 Å². The fourth-order valence-corrected chi connectivity index (χ4v) is 2.82. The van der Waals surface area contributed by atoms with E-state index >= 15 is 0 Å². The van der Waals surface area contributed by atoms with Crippen LogP contribution in [0.25, 0.3) is 0 Å². The summed E-state index contributed by atoms with van der Waals surface area (Å²) >= 11 is 1.76. The van der Waals surface area contributed by atoms with E-state index in [0.29, 0.717) is 6.04 Å². The fourth-order valence-electron chi connectivity index (χ4n) is 1.87. The molecule has 0 spiro atoms. The molecule has 2 N–H and O–H groups in total. The number of hydrogen-bond donors (Lipinski definition) is 2. The Morgan fingerprint density at radius 1 is 1.41 bits per heavy atom. The first-order chi connectivity index (χ1) is 8.06. The number of rotatable bonds is 4. The SMILES string of the molecule is Cc1ncc(CNC(C)c2sc(C)nc2C)[nH]1. The molecule has 4 nitrogen and oxygen atoms in total. The minimum atomic E-state index is 0.324. The van der Waals surface area contributed by atoms with Crippen molar-refractivity contribution in [1.29, 1.82) is 0 Å². The molecule has 2 heterocycles. The summed E-state index contributed by atoms with van der Waals surface area (Å²) in [7, 11) is 0. The predicted molar refractivity (Wildman–Crippen MR) is 70.2 cm³/mol. The number of nitrogens with zero attached hydrogens (tertiary/aromatic N) is 2. The van der Waals surface area contributed by atoms with Gasteiger partial charge in [-0.3, -0.25) is 0 Å². The Morgan fingerprint density at radius 2 is 2.18 bits per heavy atom. The van der Waals surface area contributed by atoms with E-state index in [-0.39, 0.29) is 0 Å². The first-order valence-electron chi connectivity index (χ1n) is 5.74. The highest BCUT2D eigenvalue weighted by molar-refractivity contribution is 7.11. The third-order valence-corrected chi connectivity index (χ3v) is 3.94. The second kappa shape index (κ2) is 4.98. The summed E-state index contributed by atoms with van der Waals surface area (Å²) in [5.41, 5.74) is 2.25. The number of thiazole rings is 1. The number of nitrogens with one attached hydrogen (secondary N) is 2. The maximum Gasteiger partial charge on any atom is 0.103 e. The Balaban J connectivity index is 1.97. The Hall–Kier alpha value is -1.20. The van der Waals surface area contributed by atoms with E-state index in [0.717, 1.165) is 28.8 Å². The van der Waals surface area contributed by atoms with Gasteiger partial charge in [0.15, 0.2) is 0 Å². The Bertz CT molecular complexity index is 500. The molecule has 92 valence electrons. The smallest absolute Gasteiger partial charge is 0.103 e. The van der Waals surface area contributed by atoms with Crippen LogP contribution in [-0.4, -0.2) is 15.0 Å². The zero-order valence-electron chi connectivity index (χ0n) is 10.7. The summed E-state index contributed by atoms with van der Waals surface area (Å²) in [6.45, 7) is 9.05. The topological polar surface area (TPSA) is 53.6 Å². The molecule has 17 heavy (non-hydrogen) atoms. The van der Waals surface area contributed by atoms with Crippen molar-refractivity contribution in [1.82, 2.24) is 20.3 Å². The van der Waals surface area contributed by atoms with Crippen molar-refractivity contribution in [2.24, 2.45) is 0 Å². The van der Waals surface area contributed by atoms with Crippen LogP contribution in [0.2, 0.25) is 0 Å². The third kappa shape index (κ3) is 2.92. The predicted octanol–water partition coefficient (Wildman–Crippen LogP) is 2.64. The van der Waals surface area contributed by atoms with Crippen LogP contribution >= 0.6 is 11.3 Å². The lowest BCUT2D eigenvalue weighted by Gasteiger charge is -2.11. The lowest BCUT2D eigenvalue weighted by atomic mass is 10.2. The molecule has 0 aliphatic rings. The highest BCUT2D eigenvalue weighted by atomic mass is 32.1. The Morgan fingerprint density at radius 3 is 2.71 bits per heavy atom. The maximum absolute atomic E-state index is 4.45. The van der Waals surface area contributed by atoms with Crippen LogP contribution in [0, 0.1) is 20.8 Å². The van der Waals surface area contributed by atoms with E-state index in [1.165, 1.54) is 4.88 Å². The van der Waals surface area contributed by atoms with Gasteiger partial charge in [0.2, 0.25) is 0 Å². The van der Waals surface area contributed by atoms with Gasteiger partial charge in [-0.05, 0) is 27.7 Å². The van der Waals surface area contributed by atoms with Crippen molar-refractivity contribution in [3.63, 3.8) is 0 Å². The normalized spacial score (nSPS) is 12.9. The summed E-state index contributed by atoms with van der Waals surface area (Å²) < 4.78 is 0. The van der Waals surface area contributed by atoms with Crippen LogP contribution in [0.5, 0.6) is 0 Å². The first kappa shape index (κ1) is 12.3. The number of aryl methyl sites for hydroxylation is 3. The molecule has 2 aromatic heterocycles. The molecular weight excluding hydrogens is 232 g/mol. The summed E-state index contributed by atoms with van der Waals surface area (Å²) in [6.07, 6.45) is 1.87. The summed E-state index contributed by atoms with van der Waals surface area (Å²) in [4.78, 5) is 13.2. The molecule has 0 bridgehead atoms. The van der Waals surface area contributed by atoms with E-state index < -0.39 is 0 Å². The van der Waals surface area contributed by atoms with Crippen molar-refractivity contribution in [2.75, 3.05) is 0 Å². The van der Waals surface area contributed by atoms with Crippen LogP contribution in [-0.2, 0) is 6.54 Å². The summed E-state index contributed by atoms with van der Waals surface area (Å²) in [6, 6.07) is 0.324. The number of H-pyrrole nitrogens is 1. The van der Waals surface area contributed by atoms with Crippen molar-refractivity contribution in [3.05, 3.63) is 33.3 Å². The van der Waals surface area contributed by atoms with Gasteiger partial charge in [0.25, 0.3) is 0 Å². The monoisotopic (exact) mass is 250 g/mol. The van der Waals surface area contributed by atoms with Gasteiger partial charge in [-0.15, -0.1) is 11.3 Å². The molecular formula is C12H18N4S. The maximum atomic E-state index is 4.45. The molecule has 0 fully saturated rings. The highest BCUT2D eigenvalue weighted by Crippen LogP contribution is 2.24. The lowest BCUT2D eigenvalue weighted by Crippen LogP contribution is -2.18. The van der Waals surface area contributed by atoms with Crippen molar-refractivity contribution in [3.8, 4) is 0 Å². The number of aromatic amines is 1. The molecule has 5 heteroatoms. The van der Waals surface area contributed by atoms with Crippen molar-refractivity contribution < 1.29 is 0 Å². The van der Waals surface area contributed by atoms with Gasteiger partial charge in [-0.25, -0.2) is 9.97 Å². The number of hydrogen-bond acceptors (Lipinski definition) is 4. The van der Waals surface area contributed by atoms with Crippen LogP contribution in [0.1, 0.15) is 40.1 Å². The van der Waals surface area contributed by atoms with Crippen LogP contribution < -0.4 is 5.32 Å². The minimum Gasteiger partial charge on any atom is -0.345 e. The molecule has 1 atom stereocenters. The molecule has 1 unspecified atom stereocenters. The van der Waals surface area contributed by atoms with Gasteiger partial charge in [0, 0.05) is 29.4 Å². The molecule has 0 radical (unpaired) electrons. The molecule has 0 aromatic carbocycles. The van der Waals surface area contributed by atoms with E-state index in [2.05, 4.69) is 34.1 Å². The Kier molecular flexibility index (Phi) is 3.59. The molecule has 0 saturated heterocycles. The quantitative estimate of drug-likeness (QED) is 0.877. The largest absolute Gasteiger partial charge is 0.345 e. The average molecular weight is 250 g/mol. The molecule has 2 aromatic rings. The van der Waals surface area contributed by atoms with Gasteiger partial charge in [-0.2, -0.15) is 0 Å². The van der Waals surface area contributed by atoms with Crippen LogP contribution in [0.15, 0.2) is 6.20 Å². The standard InChI is InChI=1S/C12H18N4S/c1-7(12-8(2)15-10(4)17-12)13-5-11-6-14-9(3)16-11/h6-7,13H,5H2,1-4H3,(H,14,16). The second-order valence-corrected chi connectivity index (χ2v) is 5.51. The lowest BCUT2D eigenvalue weighted by molar-refractivity contribution is 0.573. The minimum absolute atomic E-state index is 0.324. The van der Waals surface area contributed by atoms with Gasteiger partial charge >= 0.3 is 0 Å².